The third kappa shape index (κ3) is 2.41. The number of alkyl halides is 2. The minimum absolute atomic E-state index is 0.0984. The Labute approximate surface area is 105 Å². The summed E-state index contributed by atoms with van der Waals surface area (Å²) in [5.74, 6) is 0.765. The highest BCUT2D eigenvalue weighted by atomic mass is 19.3. The molecule has 1 N–H and O–H groups in total. The summed E-state index contributed by atoms with van der Waals surface area (Å²) in [6.07, 6.45) is -1.61. The lowest BCUT2D eigenvalue weighted by molar-refractivity contribution is 0.146. The van der Waals surface area contributed by atoms with E-state index in [1.807, 2.05) is 0 Å². The first kappa shape index (κ1) is 13.1. The number of nitrogens with one attached hydrogen (secondary N) is 1. The molecule has 1 aliphatic rings. The van der Waals surface area contributed by atoms with E-state index in [2.05, 4.69) is 5.32 Å². The van der Waals surface area contributed by atoms with Gasteiger partial charge < -0.3 is 14.8 Å². The van der Waals surface area contributed by atoms with Crippen LogP contribution in [0.15, 0.2) is 12.1 Å². The molecular formula is C13H17F2NO2. The van der Waals surface area contributed by atoms with E-state index in [1.165, 1.54) is 20.3 Å². The van der Waals surface area contributed by atoms with Crippen LogP contribution in [-0.2, 0) is 0 Å². The molecular weight excluding hydrogens is 240 g/mol. The Balaban J connectivity index is 2.45. The van der Waals surface area contributed by atoms with Gasteiger partial charge in [-0.2, -0.15) is 0 Å². The quantitative estimate of drug-likeness (QED) is 0.899. The van der Waals surface area contributed by atoms with E-state index in [0.29, 0.717) is 5.75 Å². The van der Waals surface area contributed by atoms with Crippen molar-refractivity contribution in [1.82, 2.24) is 5.32 Å². The van der Waals surface area contributed by atoms with E-state index in [9.17, 15) is 8.78 Å². The summed E-state index contributed by atoms with van der Waals surface area (Å²) in [7, 11) is 2.84. The van der Waals surface area contributed by atoms with E-state index < -0.39 is 6.43 Å². The molecule has 0 saturated carbocycles. The van der Waals surface area contributed by atoms with Gasteiger partial charge in [0.25, 0.3) is 6.43 Å². The number of rotatable bonds is 4. The van der Waals surface area contributed by atoms with Crippen LogP contribution in [0.25, 0.3) is 0 Å². The standard InChI is InChI=1S/C13H17F2NO2/c1-17-11-6-9(8-3-4-16-7-8)5-10(13(14)15)12(11)18-2/h5-6,8,13,16H,3-4,7H2,1-2H3. The van der Waals surface area contributed by atoms with Gasteiger partial charge in [0.2, 0.25) is 0 Å². The van der Waals surface area contributed by atoms with Crippen molar-refractivity contribution in [3.8, 4) is 11.5 Å². The first-order valence-electron chi connectivity index (χ1n) is 5.92. The Bertz CT molecular complexity index is 418. The molecule has 18 heavy (non-hydrogen) atoms. The van der Waals surface area contributed by atoms with Crippen molar-refractivity contribution < 1.29 is 18.3 Å². The lowest BCUT2D eigenvalue weighted by Gasteiger charge is -2.17. The van der Waals surface area contributed by atoms with Crippen LogP contribution in [0.4, 0.5) is 8.78 Å². The molecule has 1 saturated heterocycles. The van der Waals surface area contributed by atoms with Crippen molar-refractivity contribution in [1.29, 1.82) is 0 Å². The van der Waals surface area contributed by atoms with Crippen LogP contribution in [0, 0.1) is 0 Å². The third-order valence-corrected chi connectivity index (χ3v) is 3.30. The number of ether oxygens (including phenoxy) is 2. The summed E-state index contributed by atoms with van der Waals surface area (Å²) in [6, 6.07) is 3.33. The molecule has 0 aromatic heterocycles. The van der Waals surface area contributed by atoms with Crippen molar-refractivity contribution in [2.75, 3.05) is 27.3 Å². The van der Waals surface area contributed by atoms with Crippen molar-refractivity contribution >= 4 is 0 Å². The zero-order chi connectivity index (χ0) is 13.1. The van der Waals surface area contributed by atoms with Crippen molar-refractivity contribution in [2.24, 2.45) is 0 Å². The van der Waals surface area contributed by atoms with Gasteiger partial charge in [-0.1, -0.05) is 0 Å². The van der Waals surface area contributed by atoms with E-state index in [4.69, 9.17) is 9.47 Å². The summed E-state index contributed by atoms with van der Waals surface area (Å²) >= 11 is 0. The van der Waals surface area contributed by atoms with Gasteiger partial charge in [0.1, 0.15) is 0 Å². The molecule has 1 aliphatic heterocycles. The van der Waals surface area contributed by atoms with E-state index in [1.54, 1.807) is 6.07 Å². The van der Waals surface area contributed by atoms with Crippen LogP contribution in [0.1, 0.15) is 29.9 Å². The highest BCUT2D eigenvalue weighted by Crippen LogP contribution is 2.40. The van der Waals surface area contributed by atoms with Crippen LogP contribution < -0.4 is 14.8 Å². The van der Waals surface area contributed by atoms with Gasteiger partial charge in [0, 0.05) is 6.54 Å². The summed E-state index contributed by atoms with van der Waals surface area (Å²) in [5.41, 5.74) is 0.784. The SMILES string of the molecule is COc1cc(C2CCNC2)cc(C(F)F)c1OC. The maximum absolute atomic E-state index is 13.0. The van der Waals surface area contributed by atoms with Crippen LogP contribution in [0.2, 0.25) is 0 Å². The molecule has 1 heterocycles. The maximum atomic E-state index is 13.0. The lowest BCUT2D eigenvalue weighted by Crippen LogP contribution is -2.08. The molecule has 0 aliphatic carbocycles. The smallest absolute Gasteiger partial charge is 0.267 e. The van der Waals surface area contributed by atoms with Gasteiger partial charge in [-0.25, -0.2) is 8.78 Å². The Morgan fingerprint density at radius 2 is 2.06 bits per heavy atom. The molecule has 0 spiro atoms. The fraction of sp³-hybridized carbons (Fsp3) is 0.538. The average molecular weight is 257 g/mol. The van der Waals surface area contributed by atoms with Gasteiger partial charge in [0.05, 0.1) is 19.8 Å². The summed E-state index contributed by atoms with van der Waals surface area (Å²) in [6.45, 7) is 1.74. The average Bonchev–Trinajstić information content (AvgIpc) is 2.90. The molecule has 1 aromatic rings. The summed E-state index contributed by atoms with van der Waals surface area (Å²) < 4.78 is 36.3. The highest BCUT2D eigenvalue weighted by Gasteiger charge is 2.24. The van der Waals surface area contributed by atoms with Crippen LogP contribution in [-0.4, -0.2) is 27.3 Å². The minimum atomic E-state index is -2.57. The molecule has 3 nitrogen and oxygen atoms in total. The fourth-order valence-corrected chi connectivity index (χ4v) is 2.35. The Morgan fingerprint density at radius 1 is 1.28 bits per heavy atom. The normalized spacial score (nSPS) is 19.3. The van der Waals surface area contributed by atoms with Crippen molar-refractivity contribution in [3.63, 3.8) is 0 Å². The zero-order valence-corrected chi connectivity index (χ0v) is 10.5. The highest BCUT2D eigenvalue weighted by molar-refractivity contribution is 5.51. The number of hydrogen-bond acceptors (Lipinski definition) is 3. The van der Waals surface area contributed by atoms with Gasteiger partial charge in [-0.05, 0) is 36.6 Å². The Hall–Kier alpha value is -1.36. The molecule has 0 radical (unpaired) electrons. The van der Waals surface area contributed by atoms with Crippen molar-refractivity contribution in [2.45, 2.75) is 18.8 Å². The largest absolute Gasteiger partial charge is 0.493 e. The number of hydrogen-bond donors (Lipinski definition) is 1. The first-order chi connectivity index (χ1) is 8.67. The number of methoxy groups -OCH3 is 2. The van der Waals surface area contributed by atoms with E-state index in [-0.39, 0.29) is 17.2 Å². The summed E-state index contributed by atoms with van der Waals surface area (Å²) in [5, 5.41) is 3.23. The third-order valence-electron chi connectivity index (χ3n) is 3.30. The van der Waals surface area contributed by atoms with Gasteiger partial charge in [0.15, 0.2) is 11.5 Å². The second-order valence-electron chi connectivity index (χ2n) is 4.34. The van der Waals surface area contributed by atoms with Crippen LogP contribution in [0.5, 0.6) is 11.5 Å². The molecule has 0 bridgehead atoms. The second kappa shape index (κ2) is 5.52. The molecule has 100 valence electrons. The van der Waals surface area contributed by atoms with Crippen LogP contribution >= 0.6 is 0 Å². The first-order valence-corrected chi connectivity index (χ1v) is 5.92. The van der Waals surface area contributed by atoms with Gasteiger partial charge >= 0.3 is 0 Å². The van der Waals surface area contributed by atoms with Gasteiger partial charge in [-0.3, -0.25) is 0 Å². The van der Waals surface area contributed by atoms with Crippen LogP contribution in [0.3, 0.4) is 0 Å². The molecule has 1 unspecified atom stereocenters. The molecule has 1 aromatic carbocycles. The fourth-order valence-electron chi connectivity index (χ4n) is 2.35. The van der Waals surface area contributed by atoms with E-state index in [0.717, 1.165) is 25.1 Å². The Kier molecular flexibility index (Phi) is 4.01. The minimum Gasteiger partial charge on any atom is -0.493 e. The summed E-state index contributed by atoms with van der Waals surface area (Å²) in [4.78, 5) is 0. The van der Waals surface area contributed by atoms with E-state index >= 15 is 0 Å². The number of halogens is 2. The molecule has 1 fully saturated rings. The second-order valence-corrected chi connectivity index (χ2v) is 4.34. The lowest BCUT2D eigenvalue weighted by atomic mass is 9.95. The molecule has 0 amide bonds. The molecule has 2 rings (SSSR count). The number of benzene rings is 1. The maximum Gasteiger partial charge on any atom is 0.267 e. The predicted molar refractivity (Wildman–Crippen MR) is 64.7 cm³/mol. The predicted octanol–water partition coefficient (Wildman–Crippen LogP) is 2.72. The topological polar surface area (TPSA) is 30.5 Å². The molecule has 5 heteroatoms. The monoisotopic (exact) mass is 257 g/mol. The Morgan fingerprint density at radius 3 is 2.56 bits per heavy atom. The van der Waals surface area contributed by atoms with Gasteiger partial charge in [-0.15, -0.1) is 0 Å². The van der Waals surface area contributed by atoms with Crippen molar-refractivity contribution in [3.05, 3.63) is 23.3 Å². The molecule has 1 atom stereocenters. The zero-order valence-electron chi connectivity index (χ0n) is 10.5.